The zero-order chi connectivity index (χ0) is 33.4. The molecule has 0 aliphatic rings. The maximum absolute atomic E-state index is 13.5. The first-order valence-corrected chi connectivity index (χ1v) is 19.2. The van der Waals surface area contributed by atoms with Gasteiger partial charge in [0.1, 0.15) is 20.2 Å². The van der Waals surface area contributed by atoms with Gasteiger partial charge in [-0.1, -0.05) is 79.6 Å². The predicted molar refractivity (Wildman–Crippen MR) is 185 cm³/mol. The number of carbonyl (C=O) groups is 2. The van der Waals surface area contributed by atoms with Gasteiger partial charge in [-0.3, -0.25) is 4.79 Å². The molecule has 47 heavy (non-hydrogen) atoms. The number of aromatic amines is 1. The van der Waals surface area contributed by atoms with E-state index in [0.717, 1.165) is 27.7 Å². The lowest BCUT2D eigenvalue weighted by Gasteiger charge is -2.18. The summed E-state index contributed by atoms with van der Waals surface area (Å²) in [5, 5.41) is 3.97. The number of ketones is 1. The molecule has 0 aliphatic carbocycles. The highest BCUT2D eigenvalue weighted by Gasteiger charge is 2.29. The van der Waals surface area contributed by atoms with Gasteiger partial charge >= 0.3 is 0 Å². The number of rotatable bonds is 16. The second-order valence-corrected chi connectivity index (χ2v) is 16.5. The van der Waals surface area contributed by atoms with E-state index in [2.05, 4.69) is 15.0 Å². The van der Waals surface area contributed by atoms with Crippen LogP contribution in [0.5, 0.6) is 0 Å². The first kappa shape index (κ1) is 34.2. The van der Waals surface area contributed by atoms with Crippen LogP contribution in [0.3, 0.4) is 0 Å². The number of fused-ring (bicyclic) bond motifs is 1. The highest BCUT2D eigenvalue weighted by atomic mass is 32.3. The number of unbranched alkanes of at least 4 members (excludes halogenated alkanes) is 2. The second-order valence-electron chi connectivity index (χ2n) is 11.3. The number of para-hydroxylation sites is 1. The molecule has 246 valence electrons. The molecule has 0 saturated heterocycles. The predicted octanol–water partition coefficient (Wildman–Crippen LogP) is 6.27. The number of benzene rings is 3. The van der Waals surface area contributed by atoms with Crippen LogP contribution in [0.15, 0.2) is 110 Å². The van der Waals surface area contributed by atoms with E-state index < -0.39 is 31.8 Å². The molecule has 3 aromatic carbocycles. The summed E-state index contributed by atoms with van der Waals surface area (Å²) >= 11 is 0.636. The minimum Gasteiger partial charge on any atom is -0.354 e. The lowest BCUT2D eigenvalue weighted by atomic mass is 10.0. The van der Waals surface area contributed by atoms with Crippen LogP contribution in [0, 0.1) is 0 Å². The minimum absolute atomic E-state index is 0.0622. The highest BCUT2D eigenvalue weighted by Crippen LogP contribution is 2.32. The molecule has 1 amide bonds. The largest absolute Gasteiger partial charge is 0.354 e. The van der Waals surface area contributed by atoms with Gasteiger partial charge in [0.25, 0.3) is 10.0 Å². The Labute approximate surface area is 279 Å². The van der Waals surface area contributed by atoms with Crippen LogP contribution in [0.1, 0.15) is 44.6 Å². The maximum Gasteiger partial charge on any atom is 0.250 e. The van der Waals surface area contributed by atoms with Gasteiger partial charge in [-0.05, 0) is 67.6 Å². The Balaban J connectivity index is 1.31. The fraction of sp³-hybridized carbons (Fsp3) is 0.257. The molecule has 0 fully saturated rings. The Hall–Kier alpha value is -4.10. The average Bonchev–Trinajstić information content (AvgIpc) is 3.72. The number of sulfone groups is 1. The summed E-state index contributed by atoms with van der Waals surface area (Å²) in [7, 11) is -8.14. The molecule has 5 rings (SSSR count). The van der Waals surface area contributed by atoms with E-state index in [9.17, 15) is 26.4 Å². The Bertz CT molecular complexity index is 2050. The number of hydrogen-bond acceptors (Lipinski definition) is 7. The molecule has 3 N–H and O–H groups in total. The summed E-state index contributed by atoms with van der Waals surface area (Å²) in [6.45, 7) is 1.79. The fourth-order valence-electron chi connectivity index (χ4n) is 5.44. The minimum atomic E-state index is -4.24. The highest BCUT2D eigenvalue weighted by molar-refractivity contribution is 7.95. The molecule has 0 radical (unpaired) electrons. The third-order valence-electron chi connectivity index (χ3n) is 7.83. The van der Waals surface area contributed by atoms with Crippen molar-refractivity contribution in [1.29, 1.82) is 0 Å². The van der Waals surface area contributed by atoms with E-state index in [1.807, 2.05) is 54.6 Å². The van der Waals surface area contributed by atoms with Crippen LogP contribution in [0.2, 0.25) is 0 Å². The van der Waals surface area contributed by atoms with Gasteiger partial charge in [-0.25, -0.2) is 16.8 Å². The first-order valence-electron chi connectivity index (χ1n) is 15.4. The summed E-state index contributed by atoms with van der Waals surface area (Å²) in [5.41, 5.74) is 4.00. The molecule has 0 bridgehead atoms. The van der Waals surface area contributed by atoms with Crippen molar-refractivity contribution in [3.63, 3.8) is 0 Å². The van der Waals surface area contributed by atoms with Crippen LogP contribution < -0.4 is 10.0 Å². The van der Waals surface area contributed by atoms with Crippen LogP contribution in [-0.2, 0) is 35.9 Å². The number of amides is 1. The lowest BCUT2D eigenvalue weighted by molar-refractivity contribution is -0.123. The molecule has 5 aromatic rings. The van der Waals surface area contributed by atoms with Crippen LogP contribution >= 0.6 is 11.3 Å². The molecule has 2 heterocycles. The SMILES string of the molecule is CC(=O)CCCCC[C@H](NS(=O)(=O)c1ccc(S(=O)(=O)c2ccccc2)s1)C(=O)NCCc1c(-c2ccccc2)[nH]c2ccccc12. The maximum atomic E-state index is 13.5. The number of nitrogens with one attached hydrogen (secondary N) is 3. The third kappa shape index (κ3) is 8.44. The van der Waals surface area contributed by atoms with Crippen molar-refractivity contribution in [3.05, 3.63) is 103 Å². The van der Waals surface area contributed by atoms with Crippen molar-refractivity contribution in [3.8, 4) is 11.3 Å². The summed E-state index contributed by atoms with van der Waals surface area (Å²) in [5.74, 6) is -0.402. The Morgan fingerprint density at radius 2 is 1.45 bits per heavy atom. The van der Waals surface area contributed by atoms with Gasteiger partial charge in [0, 0.05) is 29.6 Å². The van der Waals surface area contributed by atoms with Crippen molar-refractivity contribution in [1.82, 2.24) is 15.0 Å². The smallest absolute Gasteiger partial charge is 0.250 e. The number of H-pyrrole nitrogens is 1. The van der Waals surface area contributed by atoms with Crippen molar-refractivity contribution in [2.24, 2.45) is 0 Å². The van der Waals surface area contributed by atoms with Crippen LogP contribution in [0.25, 0.3) is 22.2 Å². The van der Waals surface area contributed by atoms with E-state index in [4.69, 9.17) is 0 Å². The zero-order valence-corrected chi connectivity index (χ0v) is 28.4. The number of Topliss-reactive ketones (excluding diaryl/α,β-unsaturated/α-hetero) is 1. The standard InChI is InChI=1S/C35H37N3O6S3/c1-25(39)13-5-2-10-20-31(38-47(43,44)33-22-21-32(45-33)46(41,42)27-16-8-4-9-17-27)35(40)36-24-23-29-28-18-11-12-19-30(28)37-34(29)26-14-6-3-7-15-26/h3-4,6-9,11-12,14-19,21-22,31,37-38H,2,5,10,13,20,23-24H2,1H3,(H,36,40)/t31-/m0/s1. The van der Waals surface area contributed by atoms with Gasteiger partial charge in [-0.15, -0.1) is 11.3 Å². The Kier molecular flexibility index (Phi) is 11.1. The molecule has 0 saturated carbocycles. The summed E-state index contributed by atoms with van der Waals surface area (Å²) in [4.78, 5) is 28.5. The van der Waals surface area contributed by atoms with Crippen molar-refractivity contribution in [2.45, 2.75) is 64.8 Å². The normalized spacial score (nSPS) is 12.6. The van der Waals surface area contributed by atoms with E-state index in [-0.39, 0.29) is 32.1 Å². The van der Waals surface area contributed by atoms with E-state index in [0.29, 0.717) is 43.4 Å². The second kappa shape index (κ2) is 15.2. The summed E-state index contributed by atoms with van der Waals surface area (Å²) < 4.78 is 55.3. The molecular weight excluding hydrogens is 655 g/mol. The quantitative estimate of drug-likeness (QED) is 0.104. The van der Waals surface area contributed by atoms with Crippen molar-refractivity contribution < 1.29 is 26.4 Å². The van der Waals surface area contributed by atoms with E-state index >= 15 is 0 Å². The Morgan fingerprint density at radius 3 is 2.17 bits per heavy atom. The average molecular weight is 692 g/mol. The Morgan fingerprint density at radius 1 is 0.787 bits per heavy atom. The molecule has 0 aliphatic heterocycles. The van der Waals surface area contributed by atoms with Crippen LogP contribution in [-0.4, -0.2) is 46.1 Å². The molecular formula is C35H37N3O6S3. The topological polar surface area (TPSA) is 142 Å². The molecule has 12 heteroatoms. The first-order chi connectivity index (χ1) is 22.6. The number of thiophene rings is 1. The molecule has 1 atom stereocenters. The fourth-order valence-corrected chi connectivity index (χ4v) is 9.88. The van der Waals surface area contributed by atoms with Gasteiger partial charge in [0.05, 0.1) is 4.90 Å². The molecule has 0 spiro atoms. The van der Waals surface area contributed by atoms with Crippen molar-refractivity contribution in [2.75, 3.05) is 6.54 Å². The summed E-state index contributed by atoms with van der Waals surface area (Å²) in [6.07, 6.45) is 2.96. The lowest BCUT2D eigenvalue weighted by Crippen LogP contribution is -2.47. The van der Waals surface area contributed by atoms with Crippen molar-refractivity contribution >= 4 is 53.8 Å². The number of sulfonamides is 1. The molecule has 0 unspecified atom stereocenters. The summed E-state index contributed by atoms with van der Waals surface area (Å²) in [6, 6.07) is 27.1. The van der Waals surface area contributed by atoms with Gasteiger partial charge in [0.2, 0.25) is 15.7 Å². The van der Waals surface area contributed by atoms with E-state index in [1.54, 1.807) is 18.2 Å². The van der Waals surface area contributed by atoms with E-state index in [1.165, 1.54) is 31.2 Å². The monoisotopic (exact) mass is 691 g/mol. The molecule has 9 nitrogen and oxygen atoms in total. The van der Waals surface area contributed by atoms with Gasteiger partial charge < -0.3 is 15.1 Å². The number of aromatic nitrogens is 1. The molecule has 2 aromatic heterocycles. The van der Waals surface area contributed by atoms with Crippen LogP contribution in [0.4, 0.5) is 0 Å². The zero-order valence-electron chi connectivity index (χ0n) is 25.9. The number of carbonyl (C=O) groups excluding carboxylic acids is 2. The van der Waals surface area contributed by atoms with Gasteiger partial charge in [0.15, 0.2) is 0 Å². The number of hydrogen-bond donors (Lipinski definition) is 3. The van der Waals surface area contributed by atoms with Gasteiger partial charge in [-0.2, -0.15) is 4.72 Å². The third-order valence-corrected chi connectivity index (χ3v) is 13.1.